The van der Waals surface area contributed by atoms with Gasteiger partial charge in [-0.1, -0.05) is 0 Å². The molecular weight excluding hydrogens is 469 g/mol. The molecule has 4 heterocycles. The van der Waals surface area contributed by atoms with Crippen molar-refractivity contribution in [2.24, 2.45) is 5.41 Å². The van der Waals surface area contributed by atoms with Crippen molar-refractivity contribution in [3.8, 4) is 0 Å². The zero-order valence-corrected chi connectivity index (χ0v) is 18.7. The third-order valence-corrected chi connectivity index (χ3v) is 7.73. The topological polar surface area (TPSA) is 113 Å². The summed E-state index contributed by atoms with van der Waals surface area (Å²) in [5.74, 6) is 0.218. The molecule has 0 unspecified atom stereocenters. The van der Waals surface area contributed by atoms with Gasteiger partial charge in [-0.15, -0.1) is 11.3 Å². The lowest BCUT2D eigenvalue weighted by Crippen LogP contribution is -2.46. The van der Waals surface area contributed by atoms with Gasteiger partial charge in [-0.05, 0) is 48.9 Å². The van der Waals surface area contributed by atoms with Crippen LogP contribution in [0.25, 0.3) is 21.3 Å². The van der Waals surface area contributed by atoms with Crippen LogP contribution in [0.2, 0.25) is 0 Å². The van der Waals surface area contributed by atoms with E-state index < -0.39 is 18.4 Å². The summed E-state index contributed by atoms with van der Waals surface area (Å²) < 4.78 is 43.7. The van der Waals surface area contributed by atoms with Crippen molar-refractivity contribution in [3.63, 3.8) is 0 Å². The van der Waals surface area contributed by atoms with Crippen molar-refractivity contribution in [1.82, 2.24) is 15.0 Å². The molecule has 1 saturated carbocycles. The number of aromatic nitrogens is 3. The minimum absolute atomic E-state index is 0.0738. The Morgan fingerprint density at radius 2 is 2.12 bits per heavy atom. The fourth-order valence-electron chi connectivity index (χ4n) is 5.31. The van der Waals surface area contributed by atoms with Crippen LogP contribution in [0.3, 0.4) is 0 Å². The molecule has 8 nitrogen and oxygen atoms in total. The third kappa shape index (κ3) is 3.85. The van der Waals surface area contributed by atoms with Crippen LogP contribution in [0.4, 0.5) is 30.6 Å². The normalized spacial score (nSPS) is 22.7. The predicted octanol–water partition coefficient (Wildman–Crippen LogP) is 4.28. The van der Waals surface area contributed by atoms with E-state index in [0.29, 0.717) is 33.2 Å². The molecule has 0 bridgehead atoms. The highest BCUT2D eigenvalue weighted by molar-refractivity contribution is 7.18. The summed E-state index contributed by atoms with van der Waals surface area (Å²) in [6.07, 6.45) is -2.34. The summed E-state index contributed by atoms with van der Waals surface area (Å²) in [5.41, 5.74) is 8.11. The first-order valence-electron chi connectivity index (χ1n) is 10.9. The minimum atomic E-state index is -4.27. The first-order chi connectivity index (χ1) is 16.1. The lowest BCUT2D eigenvalue weighted by atomic mass is 9.65. The van der Waals surface area contributed by atoms with E-state index >= 15 is 0 Å². The zero-order valence-electron chi connectivity index (χ0n) is 17.9. The molecule has 2 fully saturated rings. The van der Waals surface area contributed by atoms with Crippen LogP contribution >= 0.6 is 11.3 Å². The summed E-state index contributed by atoms with van der Waals surface area (Å²) in [6.45, 7) is 1.54. The number of nitrogens with zero attached hydrogens (tertiary/aromatic N) is 3. The Morgan fingerprint density at radius 3 is 2.91 bits per heavy atom. The fraction of sp³-hybridized carbons (Fsp3) is 0.409. The van der Waals surface area contributed by atoms with E-state index in [-0.39, 0.29) is 16.2 Å². The lowest BCUT2D eigenvalue weighted by Gasteiger charge is -2.46. The molecule has 12 heteroatoms. The molecule has 2 aliphatic rings. The third-order valence-electron chi connectivity index (χ3n) is 6.70. The lowest BCUT2D eigenvalue weighted by molar-refractivity contribution is -0.126. The molecule has 1 saturated heterocycles. The average molecular weight is 491 g/mol. The quantitative estimate of drug-likeness (QED) is 0.391. The van der Waals surface area contributed by atoms with Crippen LogP contribution in [0.15, 0.2) is 33.5 Å². The molecule has 4 N–H and O–H groups in total. The van der Waals surface area contributed by atoms with Gasteiger partial charge in [0.05, 0.1) is 17.3 Å². The highest BCUT2D eigenvalue weighted by Crippen LogP contribution is 2.50. The standard InChI is InChI=1S/C22H21F3N6O2S/c23-22(24,25)9-13-6-14-17(29-19(26)30-18(14)34-13)31-4-3-21(10-31)7-12(8-21)27-11-1-2-16-15(5-11)28-20(32)33-16/h1-2,5-6,12,27H,3-4,7-10H2,(H,28,32)(H2,26,29,30). The largest absolute Gasteiger partial charge is 0.417 e. The van der Waals surface area contributed by atoms with Gasteiger partial charge >= 0.3 is 11.9 Å². The summed E-state index contributed by atoms with van der Waals surface area (Å²) in [6, 6.07) is 7.36. The first-order valence-corrected chi connectivity index (χ1v) is 11.7. The van der Waals surface area contributed by atoms with Gasteiger partial charge in [-0.25, -0.2) is 9.78 Å². The smallest absolute Gasteiger partial charge is 0.408 e. The number of aromatic amines is 1. The van der Waals surface area contributed by atoms with Crippen molar-refractivity contribution in [2.45, 2.75) is 37.9 Å². The van der Waals surface area contributed by atoms with Gasteiger partial charge in [0, 0.05) is 29.7 Å². The van der Waals surface area contributed by atoms with Crippen LogP contribution in [-0.2, 0) is 6.42 Å². The molecule has 0 atom stereocenters. The van der Waals surface area contributed by atoms with Crippen LogP contribution in [-0.4, -0.2) is 40.3 Å². The van der Waals surface area contributed by atoms with Gasteiger partial charge in [-0.2, -0.15) is 18.2 Å². The van der Waals surface area contributed by atoms with Crippen molar-refractivity contribution in [1.29, 1.82) is 0 Å². The number of nitrogen functional groups attached to an aromatic ring is 1. The molecular formula is C22H21F3N6O2S. The minimum Gasteiger partial charge on any atom is -0.408 e. The van der Waals surface area contributed by atoms with Crippen molar-refractivity contribution >= 4 is 50.1 Å². The SMILES string of the molecule is Nc1nc(N2CCC3(CC(Nc4ccc5oc(=O)[nH]c5c4)C3)C2)c2cc(CC(F)(F)F)sc2n1. The predicted molar refractivity (Wildman–Crippen MR) is 124 cm³/mol. The van der Waals surface area contributed by atoms with E-state index in [1.165, 1.54) is 0 Å². The summed E-state index contributed by atoms with van der Waals surface area (Å²) in [5, 5.41) is 4.15. The van der Waals surface area contributed by atoms with Crippen molar-refractivity contribution < 1.29 is 17.6 Å². The second-order valence-corrected chi connectivity index (χ2v) is 10.4. The number of alkyl halides is 3. The number of nitrogens with one attached hydrogen (secondary N) is 2. The van der Waals surface area contributed by atoms with Crippen molar-refractivity contribution in [2.75, 3.05) is 29.0 Å². The van der Waals surface area contributed by atoms with Crippen LogP contribution in [0.1, 0.15) is 24.1 Å². The van der Waals surface area contributed by atoms with Gasteiger partial charge in [-0.3, -0.25) is 4.98 Å². The highest BCUT2D eigenvalue weighted by Gasteiger charge is 2.49. The van der Waals surface area contributed by atoms with Crippen molar-refractivity contribution in [3.05, 3.63) is 39.7 Å². The number of fused-ring (bicyclic) bond motifs is 2. The number of H-pyrrole nitrogens is 1. The summed E-state index contributed by atoms with van der Waals surface area (Å²) in [7, 11) is 0. The Kier molecular flexibility index (Phi) is 4.60. The van der Waals surface area contributed by atoms with E-state index in [9.17, 15) is 18.0 Å². The Balaban J connectivity index is 1.16. The Labute approximate surface area is 195 Å². The van der Waals surface area contributed by atoms with Gasteiger partial charge in [0.25, 0.3) is 0 Å². The fourth-order valence-corrected chi connectivity index (χ4v) is 6.37. The van der Waals surface area contributed by atoms with E-state index in [4.69, 9.17) is 10.2 Å². The van der Waals surface area contributed by atoms with Crippen LogP contribution in [0, 0.1) is 5.41 Å². The van der Waals surface area contributed by atoms with Gasteiger partial charge < -0.3 is 20.4 Å². The number of thiophene rings is 1. The van der Waals surface area contributed by atoms with Crippen LogP contribution in [0.5, 0.6) is 0 Å². The molecule has 1 spiro atoms. The molecule has 1 aliphatic heterocycles. The Morgan fingerprint density at radius 1 is 1.29 bits per heavy atom. The van der Waals surface area contributed by atoms with E-state index in [1.54, 1.807) is 12.1 Å². The molecule has 178 valence electrons. The Bertz CT molecular complexity index is 1450. The molecule has 4 aromatic rings. The number of anilines is 3. The van der Waals surface area contributed by atoms with E-state index in [2.05, 4.69) is 25.2 Å². The van der Waals surface area contributed by atoms with E-state index in [1.807, 2.05) is 12.1 Å². The van der Waals surface area contributed by atoms with Gasteiger partial charge in [0.15, 0.2) is 5.58 Å². The molecule has 1 aliphatic carbocycles. The maximum atomic E-state index is 12.9. The van der Waals surface area contributed by atoms with E-state index in [0.717, 1.165) is 49.4 Å². The number of halogens is 3. The number of rotatable bonds is 4. The first kappa shape index (κ1) is 21.3. The highest BCUT2D eigenvalue weighted by atomic mass is 32.1. The second-order valence-electron chi connectivity index (χ2n) is 9.28. The maximum Gasteiger partial charge on any atom is 0.417 e. The maximum absolute atomic E-state index is 12.9. The molecule has 0 amide bonds. The number of hydrogen-bond donors (Lipinski definition) is 3. The molecule has 6 rings (SSSR count). The number of oxazole rings is 1. The summed E-state index contributed by atoms with van der Waals surface area (Å²) in [4.78, 5) is 25.4. The second kappa shape index (κ2) is 7.36. The molecule has 1 aromatic carbocycles. The summed E-state index contributed by atoms with van der Waals surface area (Å²) >= 11 is 1.02. The molecule has 3 aromatic heterocycles. The monoisotopic (exact) mass is 490 g/mol. The number of hydrogen-bond acceptors (Lipinski definition) is 8. The zero-order chi connectivity index (χ0) is 23.7. The van der Waals surface area contributed by atoms with Crippen LogP contribution < -0.4 is 21.7 Å². The number of benzene rings is 1. The molecule has 34 heavy (non-hydrogen) atoms. The van der Waals surface area contributed by atoms with Gasteiger partial charge in [0.1, 0.15) is 10.6 Å². The Hall–Kier alpha value is -3.28. The molecule has 0 radical (unpaired) electrons. The number of nitrogens with two attached hydrogens (primary N) is 1. The van der Waals surface area contributed by atoms with Gasteiger partial charge in [0.2, 0.25) is 5.95 Å². The average Bonchev–Trinajstić information content (AvgIpc) is 3.41.